The molecule has 6 nitrogen and oxygen atoms in total. The van der Waals surface area contributed by atoms with Crippen LogP contribution in [0.3, 0.4) is 0 Å². The molecule has 0 atom stereocenters. The minimum Gasteiger partial charge on any atom is -0.476 e. The third-order valence-electron chi connectivity index (χ3n) is 1.46. The molecule has 0 aromatic carbocycles. The van der Waals surface area contributed by atoms with E-state index in [1.165, 1.54) is 12.3 Å². The van der Waals surface area contributed by atoms with E-state index in [9.17, 15) is 9.59 Å². The van der Waals surface area contributed by atoms with Crippen molar-refractivity contribution in [3.05, 3.63) is 28.5 Å². The number of carbonyl (C=O) groups is 2. The molecule has 0 unspecified atom stereocenters. The Labute approximate surface area is 83.7 Å². The van der Waals surface area contributed by atoms with Gasteiger partial charge in [-0.3, -0.25) is 10.2 Å². The third-order valence-corrected chi connectivity index (χ3v) is 1.78. The lowest BCUT2D eigenvalue weighted by Gasteiger charge is -2.04. The van der Waals surface area contributed by atoms with Crippen molar-refractivity contribution in [2.24, 2.45) is 5.84 Å². The van der Waals surface area contributed by atoms with E-state index >= 15 is 0 Å². The number of carboxylic acids is 1. The first kappa shape index (κ1) is 10.4. The first-order chi connectivity index (χ1) is 6.57. The van der Waals surface area contributed by atoms with Crippen LogP contribution in [0.4, 0.5) is 0 Å². The van der Waals surface area contributed by atoms with Gasteiger partial charge >= 0.3 is 5.97 Å². The number of hydrogen-bond donors (Lipinski definition) is 3. The van der Waals surface area contributed by atoms with Crippen LogP contribution in [-0.2, 0) is 0 Å². The Balaban J connectivity index is 3.36. The molecule has 0 radical (unpaired) electrons. The standard InChI is InChI=1S/C7H6ClN3O3/c8-3-1-2-10-5(7(13)14)4(3)6(12)11-9/h1-2H,9H2,(H,11,12)(H,13,14). The van der Waals surface area contributed by atoms with E-state index in [1.807, 2.05) is 0 Å². The van der Waals surface area contributed by atoms with Crippen LogP contribution in [0.5, 0.6) is 0 Å². The van der Waals surface area contributed by atoms with Crippen molar-refractivity contribution >= 4 is 23.5 Å². The Morgan fingerprint density at radius 2 is 2.21 bits per heavy atom. The normalized spacial score (nSPS) is 9.57. The predicted molar refractivity (Wildman–Crippen MR) is 47.9 cm³/mol. The van der Waals surface area contributed by atoms with Gasteiger partial charge in [-0.15, -0.1) is 0 Å². The van der Waals surface area contributed by atoms with Gasteiger partial charge in [-0.25, -0.2) is 15.6 Å². The highest BCUT2D eigenvalue weighted by Crippen LogP contribution is 2.17. The summed E-state index contributed by atoms with van der Waals surface area (Å²) in [7, 11) is 0. The fourth-order valence-electron chi connectivity index (χ4n) is 0.889. The van der Waals surface area contributed by atoms with Crippen molar-refractivity contribution in [3.63, 3.8) is 0 Å². The number of pyridine rings is 1. The number of nitrogens with one attached hydrogen (secondary N) is 1. The molecule has 0 bridgehead atoms. The van der Waals surface area contributed by atoms with Gasteiger partial charge in [0.05, 0.1) is 10.6 Å². The van der Waals surface area contributed by atoms with Crippen molar-refractivity contribution in [1.29, 1.82) is 0 Å². The lowest BCUT2D eigenvalue weighted by molar-refractivity contribution is 0.0684. The largest absolute Gasteiger partial charge is 0.476 e. The van der Waals surface area contributed by atoms with E-state index in [-0.39, 0.29) is 10.6 Å². The number of carbonyl (C=O) groups excluding carboxylic acids is 1. The molecule has 7 heteroatoms. The molecule has 1 aromatic rings. The topological polar surface area (TPSA) is 105 Å². The molecule has 74 valence electrons. The lowest BCUT2D eigenvalue weighted by Crippen LogP contribution is -2.32. The van der Waals surface area contributed by atoms with Gasteiger partial charge in [0.25, 0.3) is 5.91 Å². The number of nitrogens with two attached hydrogens (primary N) is 1. The maximum Gasteiger partial charge on any atom is 0.355 e. The van der Waals surface area contributed by atoms with Crippen LogP contribution in [0.2, 0.25) is 5.02 Å². The molecule has 0 saturated carbocycles. The monoisotopic (exact) mass is 215 g/mol. The Morgan fingerprint density at radius 1 is 1.57 bits per heavy atom. The fraction of sp³-hybridized carbons (Fsp3) is 0. The highest BCUT2D eigenvalue weighted by Gasteiger charge is 2.20. The van der Waals surface area contributed by atoms with Crippen LogP contribution in [-0.4, -0.2) is 22.0 Å². The molecule has 0 saturated heterocycles. The van der Waals surface area contributed by atoms with Crippen LogP contribution in [0.25, 0.3) is 0 Å². The molecule has 1 heterocycles. The number of amides is 1. The summed E-state index contributed by atoms with van der Waals surface area (Å²) in [6, 6.07) is 1.30. The Morgan fingerprint density at radius 3 is 2.71 bits per heavy atom. The second-order valence-corrected chi connectivity index (χ2v) is 2.70. The van der Waals surface area contributed by atoms with Gasteiger partial charge in [0, 0.05) is 6.20 Å². The van der Waals surface area contributed by atoms with Gasteiger partial charge < -0.3 is 5.11 Å². The van der Waals surface area contributed by atoms with Crippen LogP contribution >= 0.6 is 11.6 Å². The van der Waals surface area contributed by atoms with E-state index in [2.05, 4.69) is 4.98 Å². The fourth-order valence-corrected chi connectivity index (χ4v) is 1.12. The van der Waals surface area contributed by atoms with E-state index in [1.54, 1.807) is 5.43 Å². The van der Waals surface area contributed by atoms with E-state index in [0.717, 1.165) is 0 Å². The van der Waals surface area contributed by atoms with E-state index in [0.29, 0.717) is 0 Å². The maximum atomic E-state index is 11.1. The molecule has 0 aliphatic carbocycles. The van der Waals surface area contributed by atoms with Crippen molar-refractivity contribution < 1.29 is 14.7 Å². The summed E-state index contributed by atoms with van der Waals surface area (Å²) in [5, 5.41) is 8.68. The molecule has 0 spiro atoms. The minimum absolute atomic E-state index is 0.0136. The van der Waals surface area contributed by atoms with E-state index in [4.69, 9.17) is 22.6 Å². The van der Waals surface area contributed by atoms with Gasteiger partial charge in [-0.05, 0) is 6.07 Å². The zero-order chi connectivity index (χ0) is 10.7. The second-order valence-electron chi connectivity index (χ2n) is 2.29. The SMILES string of the molecule is NNC(=O)c1c(Cl)ccnc1C(=O)O. The number of nitrogens with zero attached hydrogens (tertiary/aromatic N) is 1. The summed E-state index contributed by atoms with van der Waals surface area (Å²) in [6.45, 7) is 0. The lowest BCUT2D eigenvalue weighted by atomic mass is 10.2. The predicted octanol–water partition coefficient (Wildman–Crippen LogP) is 0.0367. The highest BCUT2D eigenvalue weighted by atomic mass is 35.5. The molecule has 1 amide bonds. The van der Waals surface area contributed by atoms with Crippen LogP contribution < -0.4 is 11.3 Å². The van der Waals surface area contributed by atoms with Crippen LogP contribution in [0.15, 0.2) is 12.3 Å². The zero-order valence-corrected chi connectivity index (χ0v) is 7.58. The van der Waals surface area contributed by atoms with Crippen molar-refractivity contribution in [2.75, 3.05) is 0 Å². The van der Waals surface area contributed by atoms with Gasteiger partial charge in [0.15, 0.2) is 5.69 Å². The summed E-state index contributed by atoms with van der Waals surface area (Å²) in [5.41, 5.74) is 1.11. The highest BCUT2D eigenvalue weighted by molar-refractivity contribution is 6.34. The minimum atomic E-state index is -1.34. The molecule has 0 aliphatic rings. The molecule has 0 aliphatic heterocycles. The smallest absolute Gasteiger partial charge is 0.355 e. The summed E-state index contributed by atoms with van der Waals surface area (Å²) in [6.07, 6.45) is 1.19. The van der Waals surface area contributed by atoms with Gasteiger partial charge in [0.1, 0.15) is 0 Å². The molecule has 14 heavy (non-hydrogen) atoms. The van der Waals surface area contributed by atoms with Crippen LogP contribution in [0, 0.1) is 0 Å². The van der Waals surface area contributed by atoms with Crippen LogP contribution in [0.1, 0.15) is 20.8 Å². The number of rotatable bonds is 2. The first-order valence-electron chi connectivity index (χ1n) is 3.46. The average Bonchev–Trinajstić information content (AvgIpc) is 2.16. The van der Waals surface area contributed by atoms with Crippen molar-refractivity contribution in [2.45, 2.75) is 0 Å². The Hall–Kier alpha value is -1.66. The number of nitrogen functional groups attached to an aromatic ring is 1. The number of halogens is 1. The van der Waals surface area contributed by atoms with E-state index < -0.39 is 17.6 Å². The molecule has 0 fully saturated rings. The number of hydrogen-bond acceptors (Lipinski definition) is 4. The molecular weight excluding hydrogens is 210 g/mol. The average molecular weight is 216 g/mol. The number of hydrazine groups is 1. The Bertz CT molecular complexity index is 394. The third kappa shape index (κ3) is 1.81. The quantitative estimate of drug-likeness (QED) is 0.367. The molecule has 1 rings (SSSR count). The molecular formula is C7H6ClN3O3. The van der Waals surface area contributed by atoms with Gasteiger partial charge in [0.2, 0.25) is 0 Å². The summed E-state index contributed by atoms with van der Waals surface area (Å²) in [4.78, 5) is 25.3. The number of aromatic nitrogens is 1. The van der Waals surface area contributed by atoms with Gasteiger partial charge in [-0.1, -0.05) is 11.6 Å². The molecule has 1 aromatic heterocycles. The summed E-state index contributed by atoms with van der Waals surface area (Å²) < 4.78 is 0. The first-order valence-corrected chi connectivity index (χ1v) is 3.84. The summed E-state index contributed by atoms with van der Waals surface area (Å²) in [5.74, 6) is 2.73. The van der Waals surface area contributed by atoms with Crippen molar-refractivity contribution in [1.82, 2.24) is 10.4 Å². The molecule has 4 N–H and O–H groups in total. The number of aromatic carboxylic acids is 1. The van der Waals surface area contributed by atoms with Gasteiger partial charge in [-0.2, -0.15) is 0 Å². The zero-order valence-electron chi connectivity index (χ0n) is 6.82. The van der Waals surface area contributed by atoms with Crippen molar-refractivity contribution in [3.8, 4) is 0 Å². The second kappa shape index (κ2) is 4.03. The summed E-state index contributed by atoms with van der Waals surface area (Å²) >= 11 is 5.63. The Kier molecular flexibility index (Phi) is 3.00. The maximum absolute atomic E-state index is 11.1. The number of carboxylic acid groups (broad SMARTS) is 1.